The number of aryl methyl sites for hydroxylation is 1. The second-order valence-corrected chi connectivity index (χ2v) is 4.87. The van der Waals surface area contributed by atoms with Crippen molar-refractivity contribution in [3.8, 4) is 17.0 Å². The van der Waals surface area contributed by atoms with Crippen LogP contribution in [0.1, 0.15) is 19.2 Å². The van der Waals surface area contributed by atoms with E-state index < -0.39 is 0 Å². The maximum Gasteiger partial charge on any atom is 0.138 e. The molecule has 1 aromatic carbocycles. The predicted molar refractivity (Wildman–Crippen MR) is 82.5 cm³/mol. The summed E-state index contributed by atoms with van der Waals surface area (Å²) in [6.45, 7) is 4.89. The molecule has 1 N–H and O–H groups in total. The quantitative estimate of drug-likeness (QED) is 0.906. The number of benzene rings is 1. The number of rotatable bonds is 5. The van der Waals surface area contributed by atoms with Crippen molar-refractivity contribution in [1.82, 2.24) is 9.97 Å². The van der Waals surface area contributed by atoms with Crippen LogP contribution in [0.5, 0.6) is 5.75 Å². The molecule has 0 aliphatic heterocycles. The lowest BCUT2D eigenvalue weighted by atomic mass is 10.1. The van der Waals surface area contributed by atoms with E-state index >= 15 is 0 Å². The Bertz CT molecular complexity index is 602. The number of methoxy groups -OCH3 is 1. The highest BCUT2D eigenvalue weighted by Gasteiger charge is 2.07. The van der Waals surface area contributed by atoms with Crippen LogP contribution in [0.2, 0.25) is 5.02 Å². The van der Waals surface area contributed by atoms with E-state index in [0.717, 1.165) is 35.9 Å². The molecule has 0 aliphatic carbocycles. The third-order valence-corrected chi connectivity index (χ3v) is 3.15. The highest BCUT2D eigenvalue weighted by molar-refractivity contribution is 6.32. The topological polar surface area (TPSA) is 47.0 Å². The highest BCUT2D eigenvalue weighted by atomic mass is 35.5. The fourth-order valence-electron chi connectivity index (χ4n) is 1.88. The number of anilines is 1. The van der Waals surface area contributed by atoms with Crippen molar-refractivity contribution in [1.29, 1.82) is 0 Å². The van der Waals surface area contributed by atoms with E-state index in [1.54, 1.807) is 7.11 Å². The average molecular weight is 292 g/mol. The minimum atomic E-state index is 0.589. The van der Waals surface area contributed by atoms with Gasteiger partial charge < -0.3 is 10.1 Å². The number of hydrogen-bond donors (Lipinski definition) is 1. The Labute approximate surface area is 124 Å². The van der Waals surface area contributed by atoms with Crippen LogP contribution in [0.4, 0.5) is 5.82 Å². The molecule has 4 nitrogen and oxygen atoms in total. The van der Waals surface area contributed by atoms with Crippen molar-refractivity contribution in [3.05, 3.63) is 35.1 Å². The van der Waals surface area contributed by atoms with Gasteiger partial charge in [0.2, 0.25) is 0 Å². The van der Waals surface area contributed by atoms with Gasteiger partial charge in [0.25, 0.3) is 0 Å². The van der Waals surface area contributed by atoms with Crippen LogP contribution < -0.4 is 10.1 Å². The lowest BCUT2D eigenvalue weighted by Crippen LogP contribution is -2.04. The van der Waals surface area contributed by atoms with Crippen LogP contribution in [0, 0.1) is 6.92 Å². The lowest BCUT2D eigenvalue weighted by Gasteiger charge is -2.09. The van der Waals surface area contributed by atoms with Gasteiger partial charge in [-0.25, -0.2) is 9.97 Å². The summed E-state index contributed by atoms with van der Waals surface area (Å²) in [5.41, 5.74) is 1.81. The zero-order valence-electron chi connectivity index (χ0n) is 11.9. The number of halogens is 1. The molecule has 0 amide bonds. The molecule has 1 heterocycles. The van der Waals surface area contributed by atoms with Crippen LogP contribution in [-0.2, 0) is 0 Å². The van der Waals surface area contributed by atoms with Gasteiger partial charge in [0.05, 0.1) is 17.8 Å². The fraction of sp³-hybridized carbons (Fsp3) is 0.333. The zero-order valence-corrected chi connectivity index (χ0v) is 12.7. The van der Waals surface area contributed by atoms with E-state index in [1.165, 1.54) is 0 Å². The molecule has 0 saturated carbocycles. The van der Waals surface area contributed by atoms with Crippen molar-refractivity contribution in [2.24, 2.45) is 0 Å². The molecule has 0 unspecified atom stereocenters. The lowest BCUT2D eigenvalue weighted by molar-refractivity contribution is 0.415. The molecule has 0 aliphatic rings. The van der Waals surface area contributed by atoms with Crippen LogP contribution in [-0.4, -0.2) is 23.6 Å². The van der Waals surface area contributed by atoms with Gasteiger partial charge >= 0.3 is 0 Å². The van der Waals surface area contributed by atoms with Gasteiger partial charge in [-0.2, -0.15) is 0 Å². The van der Waals surface area contributed by atoms with Gasteiger partial charge in [0.1, 0.15) is 17.4 Å². The number of aromatic nitrogens is 2. The second-order valence-electron chi connectivity index (χ2n) is 4.46. The largest absolute Gasteiger partial charge is 0.495 e. The zero-order chi connectivity index (χ0) is 14.5. The van der Waals surface area contributed by atoms with Gasteiger partial charge in [-0.1, -0.05) is 24.6 Å². The molecular formula is C15H18ClN3O. The summed E-state index contributed by atoms with van der Waals surface area (Å²) in [6, 6.07) is 7.56. The summed E-state index contributed by atoms with van der Waals surface area (Å²) in [5, 5.41) is 3.87. The molecule has 106 valence electrons. The third-order valence-electron chi connectivity index (χ3n) is 2.84. The summed E-state index contributed by atoms with van der Waals surface area (Å²) in [6.07, 6.45) is 1.05. The number of nitrogens with zero attached hydrogens (tertiary/aromatic N) is 2. The van der Waals surface area contributed by atoms with E-state index in [4.69, 9.17) is 16.3 Å². The van der Waals surface area contributed by atoms with E-state index in [1.807, 2.05) is 31.2 Å². The first-order valence-corrected chi connectivity index (χ1v) is 6.95. The molecule has 0 fully saturated rings. The molecule has 0 spiro atoms. The molecule has 1 aromatic heterocycles. The van der Waals surface area contributed by atoms with E-state index in [2.05, 4.69) is 22.2 Å². The first-order chi connectivity index (χ1) is 9.63. The molecular weight excluding hydrogens is 274 g/mol. The normalized spacial score (nSPS) is 10.4. The second kappa shape index (κ2) is 6.57. The molecule has 20 heavy (non-hydrogen) atoms. The molecule has 5 heteroatoms. The average Bonchev–Trinajstić information content (AvgIpc) is 2.45. The Hall–Kier alpha value is -1.81. The van der Waals surface area contributed by atoms with Crippen LogP contribution in [0.15, 0.2) is 24.3 Å². The minimum Gasteiger partial charge on any atom is -0.495 e. The van der Waals surface area contributed by atoms with Crippen molar-refractivity contribution < 1.29 is 4.74 Å². The molecule has 0 atom stereocenters. The molecule has 0 radical (unpaired) electrons. The predicted octanol–water partition coefficient (Wildman–Crippen LogP) is 3.94. The Kier molecular flexibility index (Phi) is 4.79. The standard InChI is InChI=1S/C15H18ClN3O/c1-4-7-17-15-9-13(18-10(2)19-15)11-5-6-12(16)14(8-11)20-3/h5-6,8-9H,4,7H2,1-3H3,(H,17,18,19). The van der Waals surface area contributed by atoms with E-state index in [0.29, 0.717) is 10.8 Å². The fourth-order valence-corrected chi connectivity index (χ4v) is 2.07. The van der Waals surface area contributed by atoms with Gasteiger partial charge in [-0.15, -0.1) is 0 Å². The van der Waals surface area contributed by atoms with Gasteiger partial charge in [0, 0.05) is 18.2 Å². The van der Waals surface area contributed by atoms with Crippen molar-refractivity contribution >= 4 is 17.4 Å². The van der Waals surface area contributed by atoms with Crippen molar-refractivity contribution in [2.75, 3.05) is 19.0 Å². The van der Waals surface area contributed by atoms with Crippen molar-refractivity contribution in [3.63, 3.8) is 0 Å². The summed E-state index contributed by atoms with van der Waals surface area (Å²) in [7, 11) is 1.60. The first-order valence-electron chi connectivity index (χ1n) is 6.57. The third kappa shape index (κ3) is 3.39. The summed E-state index contributed by atoms with van der Waals surface area (Å²) < 4.78 is 5.24. The summed E-state index contributed by atoms with van der Waals surface area (Å²) in [5.74, 6) is 2.21. The molecule has 0 saturated heterocycles. The minimum absolute atomic E-state index is 0.589. The monoisotopic (exact) mass is 291 g/mol. The van der Waals surface area contributed by atoms with E-state index in [9.17, 15) is 0 Å². The van der Waals surface area contributed by atoms with Gasteiger partial charge in [-0.3, -0.25) is 0 Å². The summed E-state index contributed by atoms with van der Waals surface area (Å²) in [4.78, 5) is 8.84. The number of hydrogen-bond acceptors (Lipinski definition) is 4. The Morgan fingerprint density at radius 2 is 2.05 bits per heavy atom. The van der Waals surface area contributed by atoms with Gasteiger partial charge in [0.15, 0.2) is 0 Å². The molecule has 2 rings (SSSR count). The molecule has 0 bridgehead atoms. The number of nitrogens with one attached hydrogen (secondary N) is 1. The van der Waals surface area contributed by atoms with Crippen LogP contribution >= 0.6 is 11.6 Å². The Morgan fingerprint density at radius 1 is 1.25 bits per heavy atom. The van der Waals surface area contributed by atoms with Gasteiger partial charge in [-0.05, 0) is 25.5 Å². The SMILES string of the molecule is CCCNc1cc(-c2ccc(Cl)c(OC)c2)nc(C)n1. The van der Waals surface area contributed by atoms with Crippen LogP contribution in [0.3, 0.4) is 0 Å². The number of ether oxygens (including phenoxy) is 1. The Morgan fingerprint density at radius 3 is 2.75 bits per heavy atom. The maximum atomic E-state index is 6.04. The van der Waals surface area contributed by atoms with E-state index in [-0.39, 0.29) is 0 Å². The summed E-state index contributed by atoms with van der Waals surface area (Å²) >= 11 is 6.04. The first kappa shape index (κ1) is 14.6. The molecule has 2 aromatic rings. The Balaban J connectivity index is 2.38. The van der Waals surface area contributed by atoms with Crippen LogP contribution in [0.25, 0.3) is 11.3 Å². The maximum absolute atomic E-state index is 6.04. The smallest absolute Gasteiger partial charge is 0.138 e. The highest BCUT2D eigenvalue weighted by Crippen LogP contribution is 2.30. The van der Waals surface area contributed by atoms with Crippen molar-refractivity contribution in [2.45, 2.75) is 20.3 Å².